The van der Waals surface area contributed by atoms with Gasteiger partial charge in [0, 0.05) is 6.04 Å². The molecule has 0 bridgehead atoms. The Labute approximate surface area is 133 Å². The summed E-state index contributed by atoms with van der Waals surface area (Å²) in [5.41, 5.74) is 1.64. The average Bonchev–Trinajstić information content (AvgIpc) is 2.43. The molecule has 122 valence electrons. The highest BCUT2D eigenvalue weighted by Crippen LogP contribution is 2.22. The van der Waals surface area contributed by atoms with Crippen molar-refractivity contribution < 1.29 is 14.3 Å². The van der Waals surface area contributed by atoms with E-state index in [2.05, 4.69) is 26.1 Å². The van der Waals surface area contributed by atoms with Crippen LogP contribution >= 0.6 is 0 Å². The van der Waals surface area contributed by atoms with Gasteiger partial charge in [-0.2, -0.15) is 0 Å². The number of hydrogen-bond donors (Lipinski definition) is 1. The van der Waals surface area contributed by atoms with Crippen molar-refractivity contribution in [3.8, 4) is 0 Å². The van der Waals surface area contributed by atoms with Gasteiger partial charge in [0.15, 0.2) is 6.61 Å². The minimum atomic E-state index is -0.479. The lowest BCUT2D eigenvalue weighted by Crippen LogP contribution is -2.38. The third kappa shape index (κ3) is 5.51. The summed E-state index contributed by atoms with van der Waals surface area (Å²) in [5, 5.41) is 2.80. The minimum absolute atomic E-state index is 0.0370. The molecule has 1 atom stereocenters. The number of hydrogen-bond acceptors (Lipinski definition) is 3. The van der Waals surface area contributed by atoms with E-state index in [9.17, 15) is 9.59 Å². The summed E-state index contributed by atoms with van der Waals surface area (Å²) in [4.78, 5) is 23.6. The van der Waals surface area contributed by atoms with Crippen LogP contribution in [0.4, 0.5) is 0 Å². The molecule has 0 spiro atoms. The normalized spacial score (nSPS) is 12.9. The van der Waals surface area contributed by atoms with Crippen molar-refractivity contribution in [2.24, 2.45) is 5.92 Å². The number of amides is 1. The molecule has 4 heteroatoms. The van der Waals surface area contributed by atoms with Gasteiger partial charge >= 0.3 is 5.97 Å². The van der Waals surface area contributed by atoms with Gasteiger partial charge in [0.1, 0.15) is 0 Å². The molecule has 0 radical (unpaired) electrons. The minimum Gasteiger partial charge on any atom is -0.452 e. The lowest BCUT2D eigenvalue weighted by atomic mass is 9.87. The molecule has 1 amide bonds. The number of carbonyl (C=O) groups excluding carboxylic acids is 2. The molecule has 0 aliphatic rings. The van der Waals surface area contributed by atoms with Gasteiger partial charge in [0.2, 0.25) is 0 Å². The van der Waals surface area contributed by atoms with Crippen LogP contribution in [0.1, 0.15) is 57.5 Å². The predicted octanol–water partition coefficient (Wildman–Crippen LogP) is 3.30. The Morgan fingerprint density at radius 1 is 1.09 bits per heavy atom. The van der Waals surface area contributed by atoms with Crippen molar-refractivity contribution in [1.82, 2.24) is 5.32 Å². The Kier molecular flexibility index (Phi) is 6.15. The van der Waals surface area contributed by atoms with Gasteiger partial charge < -0.3 is 10.1 Å². The van der Waals surface area contributed by atoms with E-state index in [-0.39, 0.29) is 24.0 Å². The number of rotatable bonds is 5. The largest absolute Gasteiger partial charge is 0.452 e. The van der Waals surface area contributed by atoms with Crippen LogP contribution in [0.25, 0.3) is 0 Å². The fraction of sp³-hybridized carbons (Fsp3) is 0.556. The molecule has 0 heterocycles. The number of benzene rings is 1. The van der Waals surface area contributed by atoms with Gasteiger partial charge in [-0.3, -0.25) is 4.79 Å². The van der Waals surface area contributed by atoms with E-state index >= 15 is 0 Å². The van der Waals surface area contributed by atoms with Crippen molar-refractivity contribution in [2.75, 3.05) is 6.61 Å². The second kappa shape index (κ2) is 7.43. The monoisotopic (exact) mass is 305 g/mol. The summed E-state index contributed by atoms with van der Waals surface area (Å²) < 4.78 is 5.05. The third-order valence-corrected chi connectivity index (χ3v) is 3.71. The summed E-state index contributed by atoms with van der Waals surface area (Å²) >= 11 is 0. The molecule has 0 saturated heterocycles. The van der Waals surface area contributed by atoms with Gasteiger partial charge in [0.25, 0.3) is 5.91 Å². The molecule has 0 aliphatic carbocycles. The third-order valence-electron chi connectivity index (χ3n) is 3.71. The topological polar surface area (TPSA) is 55.4 Å². The molecule has 1 N–H and O–H groups in total. The highest BCUT2D eigenvalue weighted by Gasteiger charge is 2.16. The van der Waals surface area contributed by atoms with E-state index in [1.165, 1.54) is 0 Å². The van der Waals surface area contributed by atoms with E-state index in [0.717, 1.165) is 5.56 Å². The van der Waals surface area contributed by atoms with Crippen LogP contribution in [0, 0.1) is 5.92 Å². The van der Waals surface area contributed by atoms with Gasteiger partial charge in [-0.25, -0.2) is 4.79 Å². The lowest BCUT2D eigenvalue weighted by molar-refractivity contribution is -0.125. The highest BCUT2D eigenvalue weighted by molar-refractivity contribution is 5.91. The van der Waals surface area contributed by atoms with Crippen LogP contribution in [0.2, 0.25) is 0 Å². The van der Waals surface area contributed by atoms with E-state index in [1.54, 1.807) is 12.1 Å². The SMILES string of the molecule is CC(C)[C@H](C)NC(=O)COC(=O)c1ccc(C(C)(C)C)cc1. The van der Waals surface area contributed by atoms with Crippen molar-refractivity contribution >= 4 is 11.9 Å². The summed E-state index contributed by atoms with van der Waals surface area (Å²) in [7, 11) is 0. The van der Waals surface area contributed by atoms with Crippen molar-refractivity contribution in [2.45, 2.75) is 53.0 Å². The Morgan fingerprint density at radius 3 is 2.09 bits per heavy atom. The summed E-state index contributed by atoms with van der Waals surface area (Å²) in [6.07, 6.45) is 0. The zero-order chi connectivity index (χ0) is 16.9. The molecule has 0 aliphatic heterocycles. The van der Waals surface area contributed by atoms with Gasteiger partial charge in [-0.05, 0) is 36.0 Å². The fourth-order valence-electron chi connectivity index (χ4n) is 1.78. The van der Waals surface area contributed by atoms with E-state index < -0.39 is 5.97 Å². The average molecular weight is 305 g/mol. The van der Waals surface area contributed by atoms with Crippen LogP contribution in [-0.4, -0.2) is 24.5 Å². The second-order valence-corrected chi connectivity index (χ2v) is 7.00. The summed E-state index contributed by atoms with van der Waals surface area (Å²) in [6.45, 7) is 12.1. The predicted molar refractivity (Wildman–Crippen MR) is 87.9 cm³/mol. The van der Waals surface area contributed by atoms with Gasteiger partial charge in [-0.1, -0.05) is 46.8 Å². The van der Waals surface area contributed by atoms with E-state index in [0.29, 0.717) is 11.5 Å². The number of nitrogens with one attached hydrogen (secondary N) is 1. The maximum absolute atomic E-state index is 11.9. The van der Waals surface area contributed by atoms with Crippen molar-refractivity contribution in [3.63, 3.8) is 0 Å². The van der Waals surface area contributed by atoms with E-state index in [1.807, 2.05) is 32.9 Å². The van der Waals surface area contributed by atoms with E-state index in [4.69, 9.17) is 4.74 Å². The molecule has 4 nitrogen and oxygen atoms in total. The molecule has 1 rings (SSSR count). The smallest absolute Gasteiger partial charge is 0.338 e. The first kappa shape index (κ1) is 18.2. The molecule has 0 fully saturated rings. The fourth-order valence-corrected chi connectivity index (χ4v) is 1.78. The Morgan fingerprint density at radius 2 is 1.64 bits per heavy atom. The molecular weight excluding hydrogens is 278 g/mol. The first-order chi connectivity index (χ1) is 10.1. The quantitative estimate of drug-likeness (QED) is 0.849. The number of ether oxygens (including phenoxy) is 1. The Hall–Kier alpha value is -1.84. The molecule has 1 aromatic rings. The van der Waals surface area contributed by atoms with Gasteiger partial charge in [-0.15, -0.1) is 0 Å². The first-order valence-electron chi connectivity index (χ1n) is 7.68. The zero-order valence-electron chi connectivity index (χ0n) is 14.4. The maximum atomic E-state index is 11.9. The standard InChI is InChI=1S/C18H27NO3/c1-12(2)13(3)19-16(20)11-22-17(21)14-7-9-15(10-8-14)18(4,5)6/h7-10,12-13H,11H2,1-6H3,(H,19,20)/t13-/m0/s1. The summed E-state index contributed by atoms with van der Waals surface area (Å²) in [5.74, 6) is -0.418. The number of esters is 1. The molecule has 0 unspecified atom stereocenters. The highest BCUT2D eigenvalue weighted by atomic mass is 16.5. The Balaban J connectivity index is 2.54. The molecular formula is C18H27NO3. The van der Waals surface area contributed by atoms with Gasteiger partial charge in [0.05, 0.1) is 5.56 Å². The molecule has 22 heavy (non-hydrogen) atoms. The second-order valence-electron chi connectivity index (χ2n) is 7.00. The lowest BCUT2D eigenvalue weighted by Gasteiger charge is -2.19. The van der Waals surface area contributed by atoms with Crippen LogP contribution in [-0.2, 0) is 14.9 Å². The Bertz CT molecular complexity index is 512. The molecule has 0 aromatic heterocycles. The van der Waals surface area contributed by atoms with Crippen LogP contribution in [0.3, 0.4) is 0 Å². The summed E-state index contributed by atoms with van der Waals surface area (Å²) in [6, 6.07) is 7.35. The van der Waals surface area contributed by atoms with Crippen molar-refractivity contribution in [3.05, 3.63) is 35.4 Å². The number of carbonyl (C=O) groups is 2. The molecule has 1 aromatic carbocycles. The maximum Gasteiger partial charge on any atom is 0.338 e. The molecule has 0 saturated carbocycles. The van der Waals surface area contributed by atoms with Crippen LogP contribution < -0.4 is 5.32 Å². The van der Waals surface area contributed by atoms with Crippen LogP contribution in [0.5, 0.6) is 0 Å². The van der Waals surface area contributed by atoms with Crippen LogP contribution in [0.15, 0.2) is 24.3 Å². The first-order valence-corrected chi connectivity index (χ1v) is 7.68. The zero-order valence-corrected chi connectivity index (χ0v) is 14.4. The van der Waals surface area contributed by atoms with Crippen molar-refractivity contribution in [1.29, 1.82) is 0 Å².